The van der Waals surface area contributed by atoms with Crippen LogP contribution in [0.1, 0.15) is 61.5 Å². The molecule has 3 aliphatic rings. The van der Waals surface area contributed by atoms with Crippen LogP contribution in [0.25, 0.3) is 21.7 Å². The molecule has 4 aromatic carbocycles. The minimum Gasteiger partial charge on any atom is -0.384 e. The molecule has 0 radical (unpaired) electrons. The van der Waals surface area contributed by atoms with Crippen molar-refractivity contribution in [2.75, 3.05) is 110 Å². The summed E-state index contributed by atoms with van der Waals surface area (Å²) in [6.07, 6.45) is 2.97. The number of ether oxygens (including phenoxy) is 4. The molecule has 18 heteroatoms. The van der Waals surface area contributed by atoms with Crippen LogP contribution in [0.5, 0.6) is 0 Å². The van der Waals surface area contributed by atoms with E-state index in [9.17, 15) is 34.0 Å². The average Bonchev–Trinajstić information content (AvgIpc) is 3.64. The fourth-order valence-corrected chi connectivity index (χ4v) is 8.85. The summed E-state index contributed by atoms with van der Waals surface area (Å²) in [6, 6.07) is 25.5. The van der Waals surface area contributed by atoms with E-state index in [1.165, 1.54) is 7.05 Å². The summed E-state index contributed by atoms with van der Waals surface area (Å²) in [5, 5.41) is 18.9. The van der Waals surface area contributed by atoms with Crippen LogP contribution in [-0.4, -0.2) is 165 Å². The zero-order valence-electron chi connectivity index (χ0n) is 39.2. The monoisotopic (exact) mass is 952 g/mol. The Morgan fingerprint density at radius 3 is 2.17 bits per heavy atom. The zero-order valence-corrected chi connectivity index (χ0v) is 39.2. The van der Waals surface area contributed by atoms with Gasteiger partial charge in [0.05, 0.1) is 87.6 Å². The van der Waals surface area contributed by atoms with E-state index >= 15 is 0 Å². The van der Waals surface area contributed by atoms with Gasteiger partial charge >= 0.3 is 0 Å². The van der Waals surface area contributed by atoms with Gasteiger partial charge in [0.2, 0.25) is 11.8 Å². The van der Waals surface area contributed by atoms with Crippen LogP contribution in [0, 0.1) is 11.3 Å². The number of anilines is 2. The molecule has 8 rings (SSSR count). The summed E-state index contributed by atoms with van der Waals surface area (Å²) in [4.78, 5) is 87.4. The van der Waals surface area contributed by atoms with E-state index in [0.717, 1.165) is 49.1 Å². The Morgan fingerprint density at radius 2 is 1.41 bits per heavy atom. The number of nitrogens with one attached hydrogen (secondary N) is 2. The second kappa shape index (κ2) is 23.3. The number of hydrogen-bond donors (Lipinski definition) is 2. The lowest BCUT2D eigenvalue weighted by molar-refractivity contribution is -0.149. The number of nitriles is 1. The maximum absolute atomic E-state index is 13.5. The number of aromatic nitrogens is 1. The number of piperazine rings is 1. The molecule has 4 heterocycles. The van der Waals surface area contributed by atoms with Crippen LogP contribution in [0.4, 0.5) is 11.4 Å². The van der Waals surface area contributed by atoms with E-state index in [-0.39, 0.29) is 54.7 Å². The van der Waals surface area contributed by atoms with Crippen LogP contribution < -0.4 is 10.6 Å². The van der Waals surface area contributed by atoms with Gasteiger partial charge in [-0.25, -0.2) is 0 Å². The molecule has 1 unspecified atom stereocenters. The number of hydrogen-bond acceptors (Lipinski definition) is 14. The highest BCUT2D eigenvalue weighted by Gasteiger charge is 2.47. The lowest BCUT2D eigenvalue weighted by atomic mass is 10.0. The third-order valence-electron chi connectivity index (χ3n) is 12.7. The van der Waals surface area contributed by atoms with Crippen molar-refractivity contribution in [3.05, 3.63) is 113 Å². The molecule has 1 aromatic heterocycles. The molecule has 0 spiro atoms. The molecule has 2 N–H and O–H groups in total. The summed E-state index contributed by atoms with van der Waals surface area (Å²) in [5.41, 5.74) is 5.02. The van der Waals surface area contributed by atoms with Gasteiger partial charge < -0.3 is 39.4 Å². The molecule has 0 bridgehead atoms. The van der Waals surface area contributed by atoms with Gasteiger partial charge in [0.15, 0.2) is 0 Å². The molecular formula is C52H56N8O10. The van der Waals surface area contributed by atoms with Gasteiger partial charge in [0.1, 0.15) is 6.04 Å². The minimum absolute atomic E-state index is 0.0117. The molecule has 18 nitrogen and oxygen atoms in total. The zero-order chi connectivity index (χ0) is 49.0. The molecule has 6 amide bonds. The van der Waals surface area contributed by atoms with Crippen LogP contribution in [-0.2, 0) is 39.8 Å². The first-order valence-electron chi connectivity index (χ1n) is 23.6. The third kappa shape index (κ3) is 11.6. The van der Waals surface area contributed by atoms with Crippen molar-refractivity contribution in [1.29, 1.82) is 5.26 Å². The lowest BCUT2D eigenvalue weighted by Crippen LogP contribution is -2.54. The topological polar surface area (TPSA) is 213 Å². The molecule has 70 heavy (non-hydrogen) atoms. The summed E-state index contributed by atoms with van der Waals surface area (Å²) in [5.74, 6) is -2.08. The normalized spacial score (nSPS) is 16.0. The molecular weight excluding hydrogens is 897 g/mol. The van der Waals surface area contributed by atoms with E-state index < -0.39 is 23.8 Å². The molecule has 2 saturated heterocycles. The Kier molecular flexibility index (Phi) is 16.4. The van der Waals surface area contributed by atoms with E-state index in [4.69, 9.17) is 18.9 Å². The van der Waals surface area contributed by atoms with Crippen molar-refractivity contribution >= 4 is 68.5 Å². The molecule has 364 valence electrons. The van der Waals surface area contributed by atoms with Crippen molar-refractivity contribution in [2.24, 2.45) is 0 Å². The van der Waals surface area contributed by atoms with Crippen LogP contribution in [0.2, 0.25) is 0 Å². The predicted molar refractivity (Wildman–Crippen MR) is 259 cm³/mol. The first-order valence-corrected chi connectivity index (χ1v) is 23.6. The number of likely N-dealkylation sites (tertiary alicyclic amines) is 1. The largest absolute Gasteiger partial charge is 0.384 e. The van der Waals surface area contributed by atoms with Gasteiger partial charge in [-0.05, 0) is 77.7 Å². The van der Waals surface area contributed by atoms with E-state index in [2.05, 4.69) is 33.8 Å². The van der Waals surface area contributed by atoms with Gasteiger partial charge in [-0.1, -0.05) is 30.3 Å². The van der Waals surface area contributed by atoms with E-state index in [0.29, 0.717) is 102 Å². The minimum atomic E-state index is -1.01. The third-order valence-corrected chi connectivity index (χ3v) is 12.7. The fourth-order valence-electron chi connectivity index (χ4n) is 8.85. The number of imide groups is 2. The summed E-state index contributed by atoms with van der Waals surface area (Å²) in [7, 11) is 1.36. The smallest absolute Gasteiger partial charge is 0.264 e. The Bertz CT molecular complexity index is 2810. The Balaban J connectivity index is 0.639. The second-order valence-corrected chi connectivity index (χ2v) is 17.1. The highest BCUT2D eigenvalue weighted by atomic mass is 16.6. The van der Waals surface area contributed by atoms with E-state index in [1.807, 2.05) is 42.5 Å². The highest BCUT2D eigenvalue weighted by Crippen LogP contribution is 2.33. The number of fused-ring (bicyclic) bond motifs is 3. The number of nitrogens with zero attached hydrogens (tertiary/aromatic N) is 6. The lowest BCUT2D eigenvalue weighted by Gasteiger charge is -2.35. The number of piperidine rings is 1. The fraction of sp³-hybridized carbons (Fsp3) is 0.385. The van der Waals surface area contributed by atoms with Gasteiger partial charge in [-0.3, -0.25) is 43.6 Å². The number of amides is 6. The highest BCUT2D eigenvalue weighted by molar-refractivity contribution is 6.25. The number of benzene rings is 4. The first-order chi connectivity index (χ1) is 34.1. The summed E-state index contributed by atoms with van der Waals surface area (Å²) < 4.78 is 22.4. The number of likely N-dealkylation sites (N-methyl/N-ethyl adjacent to an activating group) is 1. The van der Waals surface area contributed by atoms with Gasteiger partial charge in [-0.15, -0.1) is 0 Å². The van der Waals surface area contributed by atoms with Crippen LogP contribution >= 0.6 is 0 Å². The Labute approximate surface area is 405 Å². The second-order valence-electron chi connectivity index (χ2n) is 17.1. The van der Waals surface area contributed by atoms with Gasteiger partial charge in [0, 0.05) is 81.3 Å². The summed E-state index contributed by atoms with van der Waals surface area (Å²) >= 11 is 0. The molecule has 0 saturated carbocycles. The van der Waals surface area contributed by atoms with Gasteiger partial charge in [-0.2, -0.15) is 5.26 Å². The van der Waals surface area contributed by atoms with Crippen LogP contribution in [0.3, 0.4) is 0 Å². The first kappa shape index (κ1) is 49.1. The van der Waals surface area contributed by atoms with Crippen molar-refractivity contribution in [3.63, 3.8) is 0 Å². The molecule has 1 atom stereocenters. The van der Waals surface area contributed by atoms with Crippen molar-refractivity contribution in [1.82, 2.24) is 24.6 Å². The maximum atomic E-state index is 13.5. The Hall–Kier alpha value is -7.30. The number of carbonyl (C=O) groups is 6. The predicted octanol–water partition coefficient (Wildman–Crippen LogP) is 4.51. The average molecular weight is 953 g/mol. The Morgan fingerprint density at radius 1 is 0.729 bits per heavy atom. The molecule has 2 fully saturated rings. The van der Waals surface area contributed by atoms with Gasteiger partial charge in [0.25, 0.3) is 23.6 Å². The number of rotatable bonds is 22. The standard InChI is InChI=1S/C52H56N8O10/c1-57-46(61)12-11-45(51(57)65)60-50(64)40-3-2-4-44(48(40)52(60)66)56-18-24-68-26-28-70-30-29-69-27-25-67-23-15-47(62)58-19-21-59(22-20-58)49(63)39-9-8-37-31-35(5-7-38(37)33-39)13-16-54-43-14-17-55-42-10-6-36(34-53)32-41(42)43/h2-10,14,17,31-33,45,56H,11-13,15-16,18-30H2,1H3,(H,54,55). The van der Waals surface area contributed by atoms with Crippen molar-refractivity contribution < 1.29 is 47.7 Å². The van der Waals surface area contributed by atoms with E-state index in [1.54, 1.807) is 40.3 Å². The summed E-state index contributed by atoms with van der Waals surface area (Å²) in [6.45, 7) is 5.60. The quantitative estimate of drug-likeness (QED) is 0.0722. The number of carbonyl (C=O) groups excluding carboxylic acids is 6. The molecule has 3 aliphatic heterocycles. The number of pyridine rings is 1. The van der Waals surface area contributed by atoms with Crippen molar-refractivity contribution in [2.45, 2.75) is 31.7 Å². The molecule has 5 aromatic rings. The van der Waals surface area contributed by atoms with Crippen molar-refractivity contribution in [3.8, 4) is 6.07 Å². The SMILES string of the molecule is CN1C(=O)CCC(N2C(=O)c3cccc(NCCOCCOCCOCCOCCC(=O)N4CCN(C(=O)c5ccc6cc(CCNc7ccnc8ccc(C#N)cc78)ccc6c5)CC4)c3C2=O)C1=O. The van der Waals surface area contributed by atoms with Crippen LogP contribution in [0.15, 0.2) is 85.1 Å². The molecule has 0 aliphatic carbocycles. The maximum Gasteiger partial charge on any atom is 0.264 e.